The van der Waals surface area contributed by atoms with Crippen LogP contribution in [0.5, 0.6) is 0 Å². The zero-order valence-corrected chi connectivity index (χ0v) is 16.7. The van der Waals surface area contributed by atoms with Gasteiger partial charge in [0.1, 0.15) is 5.60 Å². The molecule has 148 valence electrons. The molecule has 2 rings (SSSR count). The first kappa shape index (κ1) is 22.8. The maximum Gasteiger partial charge on any atom is 0.306 e. The molecule has 2 aromatic rings. The molecule has 0 radical (unpaired) electrons. The number of nitrogens with zero attached hydrogens (tertiary/aromatic N) is 2. The fraction of sp³-hybridized carbons (Fsp3) is 0.364. The van der Waals surface area contributed by atoms with Gasteiger partial charge >= 0.3 is 5.97 Å². The number of rotatable bonds is 5. The number of benzene rings is 2. The first-order valence-corrected chi connectivity index (χ1v) is 9.00. The van der Waals surface area contributed by atoms with Gasteiger partial charge in [-0.25, -0.2) is 0 Å². The number of hydrogen-bond donors (Lipinski definition) is 0. The Hall–Kier alpha value is -3.20. The van der Waals surface area contributed by atoms with E-state index in [1.165, 1.54) is 17.7 Å². The molecule has 2 aromatic carbocycles. The van der Waals surface area contributed by atoms with Gasteiger partial charge in [-0.3, -0.25) is 14.9 Å². The maximum absolute atomic E-state index is 11.6. The lowest BCUT2D eigenvalue weighted by atomic mass is 9.95. The Kier molecular flexibility index (Phi) is 8.83. The monoisotopic (exact) mass is 382 g/mol. The summed E-state index contributed by atoms with van der Waals surface area (Å²) in [6.45, 7) is 7.43. The molecule has 0 bridgehead atoms. The largest absolute Gasteiger partial charge is 0.460 e. The van der Waals surface area contributed by atoms with Crippen molar-refractivity contribution in [3.63, 3.8) is 0 Å². The van der Waals surface area contributed by atoms with Crippen LogP contribution in [0.1, 0.15) is 50.7 Å². The molecule has 1 atom stereocenters. The minimum absolute atomic E-state index is 0.0254. The summed E-state index contributed by atoms with van der Waals surface area (Å²) in [5, 5.41) is 19.7. The van der Waals surface area contributed by atoms with Gasteiger partial charge in [0.25, 0.3) is 5.69 Å². The quantitative estimate of drug-likeness (QED) is 0.396. The number of ether oxygens (including phenoxy) is 1. The van der Waals surface area contributed by atoms with E-state index >= 15 is 0 Å². The number of non-ortho nitro benzene ring substituents is 1. The number of nitro groups is 1. The van der Waals surface area contributed by atoms with E-state index in [1.807, 2.05) is 18.2 Å². The highest BCUT2D eigenvalue weighted by Crippen LogP contribution is 2.23. The van der Waals surface area contributed by atoms with Crippen LogP contribution in [0.2, 0.25) is 0 Å². The summed E-state index contributed by atoms with van der Waals surface area (Å²) in [7, 11) is 0. The van der Waals surface area contributed by atoms with Crippen LogP contribution in [0.25, 0.3) is 0 Å². The molecular formula is C22H26N2O4. The van der Waals surface area contributed by atoms with Gasteiger partial charge in [0.2, 0.25) is 0 Å². The Balaban J connectivity index is 0.000000467. The average Bonchev–Trinajstić information content (AvgIpc) is 2.62. The van der Waals surface area contributed by atoms with E-state index in [2.05, 4.69) is 25.1 Å². The van der Waals surface area contributed by atoms with E-state index in [0.717, 1.165) is 0 Å². The van der Waals surface area contributed by atoms with Crippen molar-refractivity contribution in [2.24, 2.45) is 0 Å². The van der Waals surface area contributed by atoms with Gasteiger partial charge in [0.05, 0.1) is 16.9 Å². The molecule has 0 aliphatic carbocycles. The smallest absolute Gasteiger partial charge is 0.306 e. The minimum Gasteiger partial charge on any atom is -0.460 e. The molecule has 0 saturated carbocycles. The van der Waals surface area contributed by atoms with E-state index in [9.17, 15) is 14.9 Å². The zero-order valence-electron chi connectivity index (χ0n) is 16.7. The average molecular weight is 382 g/mol. The molecule has 0 amide bonds. The van der Waals surface area contributed by atoms with Crippen LogP contribution in [-0.4, -0.2) is 16.5 Å². The van der Waals surface area contributed by atoms with Crippen molar-refractivity contribution in [2.75, 3.05) is 0 Å². The van der Waals surface area contributed by atoms with Crippen molar-refractivity contribution < 1.29 is 14.5 Å². The highest BCUT2D eigenvalue weighted by atomic mass is 16.6. The molecule has 6 nitrogen and oxygen atoms in total. The third-order valence-electron chi connectivity index (χ3n) is 3.66. The van der Waals surface area contributed by atoms with Crippen LogP contribution in [0.4, 0.5) is 5.69 Å². The van der Waals surface area contributed by atoms with Crippen molar-refractivity contribution in [2.45, 2.75) is 52.1 Å². The van der Waals surface area contributed by atoms with Gasteiger partial charge in [-0.1, -0.05) is 48.0 Å². The number of esters is 1. The fourth-order valence-electron chi connectivity index (χ4n) is 2.32. The summed E-state index contributed by atoms with van der Waals surface area (Å²) in [6, 6.07) is 18.2. The third kappa shape index (κ3) is 8.95. The van der Waals surface area contributed by atoms with Crippen molar-refractivity contribution in [3.8, 4) is 6.07 Å². The second kappa shape index (κ2) is 10.8. The van der Waals surface area contributed by atoms with Gasteiger partial charge < -0.3 is 4.74 Å². The van der Waals surface area contributed by atoms with Gasteiger partial charge in [0, 0.05) is 18.6 Å². The van der Waals surface area contributed by atoms with Crippen LogP contribution in [0, 0.1) is 28.4 Å². The van der Waals surface area contributed by atoms with Gasteiger partial charge in [0.15, 0.2) is 0 Å². The van der Waals surface area contributed by atoms with Crippen LogP contribution in [0.3, 0.4) is 0 Å². The molecule has 0 heterocycles. The highest BCUT2D eigenvalue weighted by Gasteiger charge is 2.19. The summed E-state index contributed by atoms with van der Waals surface area (Å²) in [5.74, 6) is -0.844. The summed E-state index contributed by atoms with van der Waals surface area (Å²) in [4.78, 5) is 21.7. The minimum atomic E-state index is -0.549. The lowest BCUT2D eigenvalue weighted by Gasteiger charge is -2.19. The molecule has 0 aromatic heterocycles. The van der Waals surface area contributed by atoms with Crippen LogP contribution >= 0.6 is 0 Å². The van der Waals surface area contributed by atoms with Crippen molar-refractivity contribution >= 4 is 11.7 Å². The zero-order chi connectivity index (χ0) is 21.2. The third-order valence-corrected chi connectivity index (χ3v) is 3.66. The maximum atomic E-state index is 11.6. The Morgan fingerprint density at radius 3 is 2.11 bits per heavy atom. The first-order chi connectivity index (χ1) is 13.1. The van der Waals surface area contributed by atoms with Gasteiger partial charge in [-0.15, -0.1) is 0 Å². The Bertz CT molecular complexity index is 803. The predicted octanol–water partition coefficient (Wildman–Crippen LogP) is 5.32. The molecule has 0 fully saturated rings. The molecule has 1 unspecified atom stereocenters. The van der Waals surface area contributed by atoms with Crippen LogP contribution in [0.15, 0.2) is 54.6 Å². The van der Waals surface area contributed by atoms with E-state index < -0.39 is 16.4 Å². The SMILES string of the molecule is CC(C)(C)OC(=O)CCC(C#N)c1ccc([N+](=O)[O-])cc1.Cc1ccccc1. The number of aryl methyl sites for hydroxylation is 1. The molecule has 28 heavy (non-hydrogen) atoms. The Morgan fingerprint density at radius 2 is 1.71 bits per heavy atom. The standard InChI is InChI=1S/C15H18N2O4.C7H8/c1-15(2,3)21-14(18)9-6-12(10-16)11-4-7-13(8-5-11)17(19)20;1-7-5-3-2-4-6-7/h4-5,7-8,12H,6,9H2,1-3H3;2-6H,1H3. The normalized spacial score (nSPS) is 11.4. The molecule has 6 heteroatoms. The Morgan fingerprint density at radius 1 is 1.14 bits per heavy atom. The number of carbonyl (C=O) groups excluding carboxylic acids is 1. The molecule has 0 aliphatic heterocycles. The molecule has 0 saturated heterocycles. The van der Waals surface area contributed by atoms with E-state index in [4.69, 9.17) is 10.00 Å². The number of hydrogen-bond acceptors (Lipinski definition) is 5. The van der Waals surface area contributed by atoms with Gasteiger partial charge in [-0.2, -0.15) is 5.26 Å². The first-order valence-electron chi connectivity index (χ1n) is 9.00. The van der Waals surface area contributed by atoms with Crippen LogP contribution < -0.4 is 0 Å². The van der Waals surface area contributed by atoms with Crippen molar-refractivity contribution in [1.29, 1.82) is 5.26 Å². The topological polar surface area (TPSA) is 93.2 Å². The molecule has 0 aliphatic rings. The van der Waals surface area contributed by atoms with Crippen LogP contribution in [-0.2, 0) is 9.53 Å². The summed E-state index contributed by atoms with van der Waals surface area (Å²) in [5.41, 5.74) is 1.41. The van der Waals surface area contributed by atoms with Gasteiger partial charge in [-0.05, 0) is 39.7 Å². The number of nitriles is 1. The Labute approximate surface area is 165 Å². The predicted molar refractivity (Wildman–Crippen MR) is 108 cm³/mol. The number of carbonyl (C=O) groups is 1. The fourth-order valence-corrected chi connectivity index (χ4v) is 2.32. The summed E-state index contributed by atoms with van der Waals surface area (Å²) in [6.07, 6.45) is 0.454. The highest BCUT2D eigenvalue weighted by molar-refractivity contribution is 5.70. The lowest BCUT2D eigenvalue weighted by molar-refractivity contribution is -0.384. The molecular weight excluding hydrogens is 356 g/mol. The second-order valence-electron chi connectivity index (χ2n) is 7.31. The van der Waals surface area contributed by atoms with E-state index in [0.29, 0.717) is 12.0 Å². The van der Waals surface area contributed by atoms with Crippen molar-refractivity contribution in [3.05, 3.63) is 75.8 Å². The van der Waals surface area contributed by atoms with E-state index in [1.54, 1.807) is 32.9 Å². The van der Waals surface area contributed by atoms with E-state index in [-0.39, 0.29) is 18.1 Å². The number of nitro benzene ring substituents is 1. The lowest BCUT2D eigenvalue weighted by Crippen LogP contribution is -2.23. The summed E-state index contributed by atoms with van der Waals surface area (Å²) < 4.78 is 5.18. The molecule has 0 spiro atoms. The molecule has 0 N–H and O–H groups in total. The second-order valence-corrected chi connectivity index (χ2v) is 7.31. The summed E-state index contributed by atoms with van der Waals surface area (Å²) >= 11 is 0. The van der Waals surface area contributed by atoms with Crippen molar-refractivity contribution in [1.82, 2.24) is 0 Å².